The third-order valence-electron chi connectivity index (χ3n) is 1.38. The van der Waals surface area contributed by atoms with Crippen molar-refractivity contribution in [2.75, 3.05) is 19.1 Å². The van der Waals surface area contributed by atoms with Crippen molar-refractivity contribution in [2.24, 2.45) is 0 Å². The van der Waals surface area contributed by atoms with Crippen LogP contribution in [0.2, 0.25) is 0 Å². The van der Waals surface area contributed by atoms with Crippen molar-refractivity contribution in [2.45, 2.75) is 19.4 Å². The van der Waals surface area contributed by atoms with Crippen molar-refractivity contribution in [3.63, 3.8) is 0 Å². The van der Waals surface area contributed by atoms with E-state index in [1.54, 1.807) is 7.11 Å². The predicted octanol–water partition coefficient (Wildman–Crippen LogP) is 0.630. The number of hydrogen-bond donors (Lipinski definition) is 1. The Morgan fingerprint density at radius 1 is 1.70 bits per heavy atom. The molecule has 0 heterocycles. The number of thioether (sulfide) groups is 1. The average Bonchev–Trinajstić information content (AvgIpc) is 1.98. The number of nitrogens with one attached hydrogen (secondary N) is 1. The van der Waals surface area contributed by atoms with Gasteiger partial charge in [0.15, 0.2) is 0 Å². The van der Waals surface area contributed by atoms with Gasteiger partial charge in [-0.05, 0) is 12.7 Å². The minimum Gasteiger partial charge on any atom is -0.427 e. The van der Waals surface area contributed by atoms with E-state index in [4.69, 9.17) is 4.65 Å². The highest BCUT2D eigenvalue weighted by Gasteiger charge is 2.02. The highest BCUT2D eigenvalue weighted by molar-refractivity contribution is 7.98. The summed E-state index contributed by atoms with van der Waals surface area (Å²) >= 11 is 1.87. The molecule has 0 aliphatic rings. The Hall–Kier alpha value is 0.335. The Morgan fingerprint density at radius 2 is 2.40 bits per heavy atom. The third-order valence-corrected chi connectivity index (χ3v) is 2.11. The topological polar surface area (TPSA) is 21.3 Å². The predicted molar refractivity (Wildman–Crippen MR) is 49.8 cm³/mol. The molecule has 0 aromatic carbocycles. The van der Waals surface area contributed by atoms with Crippen LogP contribution in [0.15, 0.2) is 0 Å². The van der Waals surface area contributed by atoms with E-state index < -0.39 is 0 Å². The van der Waals surface area contributed by atoms with Crippen molar-refractivity contribution < 1.29 is 4.65 Å². The molecular weight excluding hydrogens is 145 g/mol. The molecule has 0 unspecified atom stereocenters. The molecule has 0 saturated carbocycles. The molecule has 0 aromatic heterocycles. The first-order valence-corrected chi connectivity index (χ1v) is 4.95. The van der Waals surface area contributed by atoms with Gasteiger partial charge in [0.1, 0.15) is 0 Å². The molecule has 10 heavy (non-hydrogen) atoms. The molecule has 0 saturated heterocycles. The van der Waals surface area contributed by atoms with Gasteiger partial charge < -0.3 is 9.88 Å². The Bertz CT molecular complexity index is 74.8. The molecule has 0 radical (unpaired) electrons. The molecule has 1 atom stereocenters. The lowest BCUT2D eigenvalue weighted by Crippen LogP contribution is -2.34. The van der Waals surface area contributed by atoms with Gasteiger partial charge in [0.2, 0.25) is 0 Å². The van der Waals surface area contributed by atoms with E-state index in [0.29, 0.717) is 13.7 Å². The zero-order chi connectivity index (χ0) is 7.82. The maximum Gasteiger partial charge on any atom is 0.360 e. The summed E-state index contributed by atoms with van der Waals surface area (Å²) in [5, 5.41) is 3.28. The van der Waals surface area contributed by atoms with Crippen molar-refractivity contribution in [3.8, 4) is 0 Å². The van der Waals surface area contributed by atoms with Gasteiger partial charge in [0.05, 0.1) is 0 Å². The summed E-state index contributed by atoms with van der Waals surface area (Å²) in [6.07, 6.45) is 3.29. The van der Waals surface area contributed by atoms with E-state index in [2.05, 4.69) is 18.4 Å². The molecule has 0 aliphatic heterocycles. The maximum absolute atomic E-state index is 4.90. The smallest absolute Gasteiger partial charge is 0.360 e. The molecule has 0 aliphatic carbocycles. The summed E-state index contributed by atoms with van der Waals surface area (Å²) in [6, 6.07) is 0.606. The van der Waals surface area contributed by atoms with E-state index in [0.717, 1.165) is 0 Å². The van der Waals surface area contributed by atoms with Crippen LogP contribution in [0.1, 0.15) is 13.3 Å². The molecule has 0 fully saturated rings. The molecule has 0 amide bonds. The molecule has 2 nitrogen and oxygen atoms in total. The van der Waals surface area contributed by atoms with Gasteiger partial charge >= 0.3 is 7.62 Å². The third kappa shape index (κ3) is 5.15. The Kier molecular flexibility index (Phi) is 7.69. The normalized spacial score (nSPS) is 13.1. The van der Waals surface area contributed by atoms with E-state index in [-0.39, 0.29) is 0 Å². The monoisotopic (exact) mass is 161 g/mol. The van der Waals surface area contributed by atoms with Crippen molar-refractivity contribution in [1.29, 1.82) is 0 Å². The maximum atomic E-state index is 4.90. The fraction of sp³-hybridized carbons (Fsp3) is 1.00. The second-order valence-electron chi connectivity index (χ2n) is 2.20. The second kappa shape index (κ2) is 7.44. The zero-order valence-electron chi connectivity index (χ0n) is 7.02. The highest BCUT2D eigenvalue weighted by atomic mass is 32.2. The van der Waals surface area contributed by atoms with Gasteiger partial charge in [-0.25, -0.2) is 0 Å². The van der Waals surface area contributed by atoms with Gasteiger partial charge in [-0.2, -0.15) is 11.8 Å². The van der Waals surface area contributed by atoms with Crippen LogP contribution >= 0.6 is 11.8 Å². The highest BCUT2D eigenvalue weighted by Crippen LogP contribution is 1.99. The lowest BCUT2D eigenvalue weighted by atomic mass is 10.1. The van der Waals surface area contributed by atoms with Crippen LogP contribution in [0.5, 0.6) is 0 Å². The van der Waals surface area contributed by atoms with Gasteiger partial charge in [0, 0.05) is 18.9 Å². The van der Waals surface area contributed by atoms with Gasteiger partial charge in [-0.1, -0.05) is 6.92 Å². The minimum atomic E-state index is 0.606. The Morgan fingerprint density at radius 3 is 2.80 bits per heavy atom. The average molecular weight is 161 g/mol. The number of rotatable bonds is 6. The van der Waals surface area contributed by atoms with Gasteiger partial charge in [0.25, 0.3) is 0 Å². The minimum absolute atomic E-state index is 0.606. The summed E-state index contributed by atoms with van der Waals surface area (Å²) in [5.74, 6) is 1.17. The van der Waals surface area contributed by atoms with Crippen LogP contribution in [0.4, 0.5) is 0 Å². The lowest BCUT2D eigenvalue weighted by Gasteiger charge is -2.13. The van der Waals surface area contributed by atoms with Crippen LogP contribution in [0.3, 0.4) is 0 Å². The molecule has 0 rings (SSSR count). The summed E-state index contributed by atoms with van der Waals surface area (Å²) < 4.78 is 4.90. The van der Waals surface area contributed by atoms with Crippen LogP contribution in [0.25, 0.3) is 0 Å². The first kappa shape index (κ1) is 10.3. The summed E-state index contributed by atoms with van der Waals surface area (Å²) in [4.78, 5) is 0. The fourth-order valence-electron chi connectivity index (χ4n) is 0.723. The van der Waals surface area contributed by atoms with Crippen LogP contribution in [-0.2, 0) is 4.65 Å². The molecular formula is C6H16BNOS. The first-order valence-electron chi connectivity index (χ1n) is 3.56. The molecule has 4 heteroatoms. The largest absolute Gasteiger partial charge is 0.427 e. The summed E-state index contributed by atoms with van der Waals surface area (Å²) in [7, 11) is 2.37. The molecule has 0 aromatic rings. The van der Waals surface area contributed by atoms with Gasteiger partial charge in [-0.15, -0.1) is 0 Å². The van der Waals surface area contributed by atoms with Crippen LogP contribution in [-0.4, -0.2) is 32.8 Å². The lowest BCUT2D eigenvalue weighted by molar-refractivity contribution is 0.422. The Labute approximate surface area is 68.4 Å². The molecule has 0 spiro atoms. The van der Waals surface area contributed by atoms with Crippen LogP contribution in [0, 0.1) is 0 Å². The van der Waals surface area contributed by atoms with Gasteiger partial charge in [-0.3, -0.25) is 0 Å². The van der Waals surface area contributed by atoms with Crippen LogP contribution < -0.4 is 5.23 Å². The standard InChI is InChI=1S/C6H16BNOS/c1-4-6(5-10-3)8-7-9-2/h6-8H,4-5H2,1-3H3/t6-/m1/s1. The number of hydrogen-bond acceptors (Lipinski definition) is 3. The van der Waals surface area contributed by atoms with Crippen molar-refractivity contribution >= 4 is 19.4 Å². The Balaban J connectivity index is 3.21. The van der Waals surface area contributed by atoms with E-state index >= 15 is 0 Å². The van der Waals surface area contributed by atoms with Crippen molar-refractivity contribution in [3.05, 3.63) is 0 Å². The molecule has 1 N–H and O–H groups in total. The quantitative estimate of drug-likeness (QED) is 0.577. The van der Waals surface area contributed by atoms with E-state index in [1.807, 2.05) is 11.8 Å². The summed E-state index contributed by atoms with van der Waals surface area (Å²) in [5.41, 5.74) is 0. The van der Waals surface area contributed by atoms with E-state index in [1.165, 1.54) is 12.2 Å². The zero-order valence-corrected chi connectivity index (χ0v) is 7.83. The van der Waals surface area contributed by atoms with Crippen molar-refractivity contribution in [1.82, 2.24) is 5.23 Å². The first-order chi connectivity index (χ1) is 4.85. The molecule has 0 bridgehead atoms. The molecule has 60 valence electrons. The summed E-state index contributed by atoms with van der Waals surface area (Å²) in [6.45, 7) is 2.18. The SMILES string of the molecule is CC[C@H](CSC)NBOC. The fourth-order valence-corrected chi connectivity index (χ4v) is 1.48. The van der Waals surface area contributed by atoms with E-state index in [9.17, 15) is 0 Å². The second-order valence-corrected chi connectivity index (χ2v) is 3.11.